The molecule has 1 aliphatic heterocycles. The van der Waals surface area contributed by atoms with Crippen molar-refractivity contribution in [2.75, 3.05) is 6.61 Å². The van der Waals surface area contributed by atoms with Crippen molar-refractivity contribution in [2.45, 2.75) is 34.7 Å². The molecule has 12 heteroatoms. The van der Waals surface area contributed by atoms with Gasteiger partial charge in [-0.3, -0.25) is 4.98 Å². The van der Waals surface area contributed by atoms with Crippen LogP contribution in [0.3, 0.4) is 0 Å². The van der Waals surface area contributed by atoms with Crippen molar-refractivity contribution in [2.24, 2.45) is 5.11 Å². The molecule has 10 nitrogen and oxygen atoms in total. The number of imidazole rings is 1. The number of pyridine rings is 1. The largest absolute Gasteiger partial charge is 0.394 e. The van der Waals surface area contributed by atoms with Crippen molar-refractivity contribution in [3.8, 4) is 11.5 Å². The van der Waals surface area contributed by atoms with Crippen LogP contribution < -0.4 is 0 Å². The van der Waals surface area contributed by atoms with Gasteiger partial charge in [0.05, 0.1) is 23.8 Å². The molecule has 2 aromatic heterocycles. The van der Waals surface area contributed by atoms with E-state index in [-0.39, 0.29) is 0 Å². The number of rotatable bonds is 5. The lowest BCUT2D eigenvalue weighted by Gasteiger charge is -2.40. The second-order valence-electron chi connectivity index (χ2n) is 5.46. The summed E-state index contributed by atoms with van der Waals surface area (Å²) in [5, 5.41) is 33.8. The molecule has 0 bridgehead atoms. The molecule has 0 radical (unpaired) electrons. The first kappa shape index (κ1) is 18.9. The molecule has 4 N–H and O–H groups in total. The van der Waals surface area contributed by atoms with E-state index in [1.54, 1.807) is 18.5 Å². The predicted octanol–water partition coefficient (Wildman–Crippen LogP) is 1.34. The van der Waals surface area contributed by atoms with Gasteiger partial charge in [0.2, 0.25) is 0 Å². The number of aromatic amines is 1. The Morgan fingerprint density at radius 2 is 2.19 bits per heavy atom. The van der Waals surface area contributed by atoms with E-state index in [0.29, 0.717) is 21.4 Å². The van der Waals surface area contributed by atoms with E-state index in [1.807, 2.05) is 0 Å². The molecule has 3 rings (SSSR count). The normalized spacial score (nSPS) is 28.5. The number of thioether (sulfide) groups is 1. The summed E-state index contributed by atoms with van der Waals surface area (Å²) in [6.07, 6.45) is 1.03. The van der Waals surface area contributed by atoms with Gasteiger partial charge in [-0.2, -0.15) is 0 Å². The fraction of sp³-hybridized carbons (Fsp3) is 0.429. The lowest BCUT2D eigenvalue weighted by molar-refractivity contribution is -0.159. The summed E-state index contributed by atoms with van der Waals surface area (Å²) in [4.78, 5) is 14.6. The first-order valence-corrected chi connectivity index (χ1v) is 8.79. The zero-order valence-corrected chi connectivity index (χ0v) is 14.7. The highest BCUT2D eigenvalue weighted by Gasteiger charge is 2.44. The second-order valence-corrected chi connectivity index (χ2v) is 7.03. The highest BCUT2D eigenvalue weighted by molar-refractivity contribution is 8.00. The molecule has 0 amide bonds. The molecule has 0 saturated carbocycles. The van der Waals surface area contributed by atoms with Crippen LogP contribution in [0.25, 0.3) is 22.0 Å². The molecule has 0 aromatic carbocycles. The Morgan fingerprint density at radius 1 is 1.38 bits per heavy atom. The van der Waals surface area contributed by atoms with E-state index in [1.165, 1.54) is 6.20 Å². The van der Waals surface area contributed by atoms with E-state index < -0.39 is 36.4 Å². The fourth-order valence-corrected chi connectivity index (χ4v) is 4.00. The van der Waals surface area contributed by atoms with Crippen molar-refractivity contribution in [1.29, 1.82) is 0 Å². The van der Waals surface area contributed by atoms with E-state index >= 15 is 0 Å². The molecule has 26 heavy (non-hydrogen) atoms. The number of nitrogens with zero attached hydrogens (tertiary/aromatic N) is 5. The van der Waals surface area contributed by atoms with Gasteiger partial charge >= 0.3 is 0 Å². The fourth-order valence-electron chi connectivity index (χ4n) is 2.57. The number of aromatic nitrogens is 3. The Bertz CT molecular complexity index is 803. The Labute approximate surface area is 156 Å². The van der Waals surface area contributed by atoms with Gasteiger partial charge in [-0.05, 0) is 11.6 Å². The Hall–Kier alpha value is -1.85. The summed E-state index contributed by atoms with van der Waals surface area (Å²) >= 11 is 7.11. The number of nitrogens with one attached hydrogen (secondary N) is 1. The topological polar surface area (TPSA) is 160 Å². The average molecular weight is 399 g/mol. The summed E-state index contributed by atoms with van der Waals surface area (Å²) in [5.74, 6) is 0.500. The molecule has 0 aliphatic carbocycles. The molecule has 1 aliphatic rings. The Morgan fingerprint density at radius 3 is 2.85 bits per heavy atom. The third kappa shape index (κ3) is 3.79. The molecule has 0 spiro atoms. The SMILES string of the molecule is [N-]=[N+]=N[C@@H]1[C@@H](O)[C@@H](Sc2cc(Cl)cnc2-c2ncc[nH]2)O[C@H](CO)[C@@H]1O. The highest BCUT2D eigenvalue weighted by atomic mass is 35.5. The van der Waals surface area contributed by atoms with Crippen molar-refractivity contribution >= 4 is 23.4 Å². The highest BCUT2D eigenvalue weighted by Crippen LogP contribution is 2.38. The maximum Gasteiger partial charge on any atom is 0.157 e. The van der Waals surface area contributed by atoms with Crippen LogP contribution in [0, 0.1) is 0 Å². The predicted molar refractivity (Wildman–Crippen MR) is 93.4 cm³/mol. The Kier molecular flexibility index (Phi) is 5.99. The summed E-state index contributed by atoms with van der Waals surface area (Å²) in [6.45, 7) is -0.499. The van der Waals surface area contributed by atoms with Gasteiger partial charge in [0.15, 0.2) is 5.82 Å². The van der Waals surface area contributed by atoms with Crippen LogP contribution in [0.2, 0.25) is 5.02 Å². The number of ether oxygens (including phenoxy) is 1. The van der Waals surface area contributed by atoms with Crippen LogP contribution in [-0.2, 0) is 4.74 Å². The molecule has 1 saturated heterocycles. The van der Waals surface area contributed by atoms with Gasteiger partial charge in [0.25, 0.3) is 0 Å². The Balaban J connectivity index is 1.92. The van der Waals surface area contributed by atoms with Crippen LogP contribution in [0.5, 0.6) is 0 Å². The lowest BCUT2D eigenvalue weighted by Crippen LogP contribution is -2.56. The van der Waals surface area contributed by atoms with Gasteiger partial charge in [0, 0.05) is 28.4 Å². The van der Waals surface area contributed by atoms with E-state index in [4.69, 9.17) is 21.9 Å². The standard InChI is InChI=1S/C14H15ClN6O4S/c15-6-3-8(9(19-4-6)13-17-1-2-18-13)26-14-12(24)10(20-21-16)11(23)7(5-22)25-14/h1-4,7,10-12,14,22-24H,5H2,(H,17,18)/t7-,10+,11+,12-,14-/m1/s1. The van der Waals surface area contributed by atoms with Gasteiger partial charge in [-0.25, -0.2) is 4.98 Å². The van der Waals surface area contributed by atoms with E-state index in [9.17, 15) is 15.3 Å². The molecule has 1 fully saturated rings. The smallest absolute Gasteiger partial charge is 0.157 e. The quantitative estimate of drug-likeness (QED) is 0.335. The van der Waals surface area contributed by atoms with Crippen LogP contribution in [0.4, 0.5) is 0 Å². The van der Waals surface area contributed by atoms with Crippen molar-refractivity contribution in [3.05, 3.63) is 40.1 Å². The molecule has 138 valence electrons. The molecule has 5 atom stereocenters. The minimum absolute atomic E-state index is 0.374. The summed E-state index contributed by atoms with van der Waals surface area (Å²) in [5.41, 5.74) is 8.24. The summed E-state index contributed by atoms with van der Waals surface area (Å²) in [7, 11) is 0. The van der Waals surface area contributed by atoms with Gasteiger partial charge in [0.1, 0.15) is 23.3 Å². The number of hydrogen-bond donors (Lipinski definition) is 4. The van der Waals surface area contributed by atoms with Gasteiger partial charge in [-0.1, -0.05) is 28.5 Å². The third-order valence-corrected chi connectivity index (χ3v) is 5.21. The van der Waals surface area contributed by atoms with Crippen molar-refractivity contribution in [1.82, 2.24) is 15.0 Å². The number of H-pyrrole nitrogens is 1. The third-order valence-electron chi connectivity index (χ3n) is 3.82. The summed E-state index contributed by atoms with van der Waals surface area (Å²) in [6, 6.07) is 0.469. The molecular weight excluding hydrogens is 384 g/mol. The molecule has 0 unspecified atom stereocenters. The van der Waals surface area contributed by atoms with Gasteiger partial charge in [-0.15, -0.1) is 0 Å². The number of hydrogen-bond acceptors (Lipinski definition) is 8. The molecule has 3 heterocycles. The average Bonchev–Trinajstić information content (AvgIpc) is 3.15. The van der Waals surface area contributed by atoms with Crippen molar-refractivity contribution in [3.63, 3.8) is 0 Å². The summed E-state index contributed by atoms with van der Waals surface area (Å²) < 4.78 is 5.58. The zero-order chi connectivity index (χ0) is 18.7. The van der Waals surface area contributed by atoms with E-state index in [2.05, 4.69) is 25.0 Å². The monoisotopic (exact) mass is 398 g/mol. The lowest BCUT2D eigenvalue weighted by atomic mass is 9.98. The number of aliphatic hydroxyl groups excluding tert-OH is 3. The minimum atomic E-state index is -1.33. The number of azide groups is 1. The van der Waals surface area contributed by atoms with Crippen molar-refractivity contribution < 1.29 is 20.1 Å². The minimum Gasteiger partial charge on any atom is -0.394 e. The van der Waals surface area contributed by atoms with Crippen LogP contribution in [-0.4, -0.2) is 66.7 Å². The maximum atomic E-state index is 10.5. The second kappa shape index (κ2) is 8.23. The first-order valence-electron chi connectivity index (χ1n) is 7.53. The zero-order valence-electron chi connectivity index (χ0n) is 13.2. The van der Waals surface area contributed by atoms with Crippen LogP contribution in [0.1, 0.15) is 0 Å². The maximum absolute atomic E-state index is 10.5. The molecule has 2 aromatic rings. The molecular formula is C14H15ClN6O4S. The van der Waals surface area contributed by atoms with Gasteiger partial charge < -0.3 is 25.0 Å². The number of halogens is 1. The van der Waals surface area contributed by atoms with E-state index in [0.717, 1.165) is 11.8 Å². The van der Waals surface area contributed by atoms with Crippen LogP contribution in [0.15, 0.2) is 34.7 Å². The number of aliphatic hydroxyl groups is 3. The van der Waals surface area contributed by atoms with Crippen LogP contribution >= 0.6 is 23.4 Å². The first-order chi connectivity index (χ1) is 12.5.